The lowest BCUT2D eigenvalue weighted by molar-refractivity contribution is -0.133. The van der Waals surface area contributed by atoms with E-state index in [1.807, 2.05) is 4.90 Å². The van der Waals surface area contributed by atoms with Crippen LogP contribution in [-0.4, -0.2) is 66.0 Å². The molecule has 0 aromatic carbocycles. The second-order valence-corrected chi connectivity index (χ2v) is 5.31. The normalized spacial score (nSPS) is 15.6. The molecule has 0 radical (unpaired) electrons. The number of aryl methyl sites for hydroxylation is 1. The number of carbonyl (C=O) groups is 2. The molecular weight excluding hydrogens is 284 g/mol. The first-order valence-corrected chi connectivity index (χ1v) is 7.46. The molecule has 1 N–H and O–H groups in total. The predicted octanol–water partition coefficient (Wildman–Crippen LogP) is -0.871. The van der Waals surface area contributed by atoms with Crippen molar-refractivity contribution < 1.29 is 9.59 Å². The van der Waals surface area contributed by atoms with Crippen molar-refractivity contribution in [2.24, 2.45) is 0 Å². The maximum Gasteiger partial charge on any atom is 0.250 e. The molecule has 0 unspecified atom stereocenters. The van der Waals surface area contributed by atoms with Gasteiger partial charge in [-0.05, 0) is 6.07 Å². The summed E-state index contributed by atoms with van der Waals surface area (Å²) < 4.78 is 1.54. The van der Waals surface area contributed by atoms with Crippen LogP contribution in [-0.2, 0) is 16.1 Å². The number of aromatic nitrogens is 1. The molecule has 1 aliphatic rings. The first-order valence-electron chi connectivity index (χ1n) is 7.46. The largest absolute Gasteiger partial charge is 0.358 e. The van der Waals surface area contributed by atoms with Crippen molar-refractivity contribution in [2.45, 2.75) is 13.0 Å². The van der Waals surface area contributed by atoms with Crippen LogP contribution >= 0.6 is 0 Å². The first-order chi connectivity index (χ1) is 10.6. The van der Waals surface area contributed by atoms with E-state index in [-0.39, 0.29) is 17.4 Å². The van der Waals surface area contributed by atoms with Crippen LogP contribution in [0.4, 0.5) is 0 Å². The lowest BCUT2D eigenvalue weighted by Gasteiger charge is -2.34. The number of carbonyl (C=O) groups excluding carboxylic acids is 2. The molecule has 7 nitrogen and oxygen atoms in total. The summed E-state index contributed by atoms with van der Waals surface area (Å²) >= 11 is 0. The number of amides is 2. The highest BCUT2D eigenvalue weighted by Crippen LogP contribution is 2.04. The average molecular weight is 306 g/mol. The average Bonchev–Trinajstić information content (AvgIpc) is 2.54. The van der Waals surface area contributed by atoms with E-state index in [9.17, 15) is 14.4 Å². The number of hydrogen-bond donors (Lipinski definition) is 1. The van der Waals surface area contributed by atoms with Crippen molar-refractivity contribution in [2.75, 3.05) is 39.8 Å². The molecular formula is C15H22N4O3. The Morgan fingerprint density at radius 1 is 1.18 bits per heavy atom. The number of nitrogens with zero attached hydrogens (tertiary/aromatic N) is 3. The van der Waals surface area contributed by atoms with Crippen LogP contribution in [0.2, 0.25) is 0 Å². The molecule has 0 spiro atoms. The zero-order valence-corrected chi connectivity index (χ0v) is 12.8. The number of piperazine rings is 1. The van der Waals surface area contributed by atoms with Gasteiger partial charge in [-0.15, -0.1) is 0 Å². The van der Waals surface area contributed by atoms with E-state index in [1.165, 1.54) is 6.07 Å². The summed E-state index contributed by atoms with van der Waals surface area (Å²) in [5.74, 6) is 0.0403. The number of nitrogens with one attached hydrogen (secondary N) is 1. The van der Waals surface area contributed by atoms with Crippen LogP contribution in [0.15, 0.2) is 29.2 Å². The zero-order valence-electron chi connectivity index (χ0n) is 12.8. The summed E-state index contributed by atoms with van der Waals surface area (Å²) in [6.07, 6.45) is 2.01. The maximum atomic E-state index is 12.2. The highest BCUT2D eigenvalue weighted by molar-refractivity contribution is 5.78. The third-order valence-electron chi connectivity index (χ3n) is 3.84. The summed E-state index contributed by atoms with van der Waals surface area (Å²) in [6.45, 7) is 3.42. The van der Waals surface area contributed by atoms with E-state index in [1.54, 1.807) is 34.8 Å². The van der Waals surface area contributed by atoms with E-state index >= 15 is 0 Å². The molecule has 0 aliphatic carbocycles. The van der Waals surface area contributed by atoms with Crippen LogP contribution in [0, 0.1) is 0 Å². The molecule has 2 rings (SSSR count). The fourth-order valence-electron chi connectivity index (χ4n) is 2.46. The Morgan fingerprint density at radius 2 is 1.91 bits per heavy atom. The van der Waals surface area contributed by atoms with Gasteiger partial charge in [0.2, 0.25) is 11.8 Å². The van der Waals surface area contributed by atoms with Crippen LogP contribution in [0.25, 0.3) is 0 Å². The van der Waals surface area contributed by atoms with Crippen LogP contribution in [0.5, 0.6) is 0 Å². The van der Waals surface area contributed by atoms with Crippen LogP contribution in [0.3, 0.4) is 0 Å². The van der Waals surface area contributed by atoms with Crippen molar-refractivity contribution in [3.8, 4) is 0 Å². The van der Waals surface area contributed by atoms with Crippen molar-refractivity contribution in [3.63, 3.8) is 0 Å². The van der Waals surface area contributed by atoms with Gasteiger partial charge < -0.3 is 14.8 Å². The topological polar surface area (TPSA) is 74.7 Å². The Bertz CT molecular complexity index is 576. The number of hydrogen-bond acceptors (Lipinski definition) is 4. The molecule has 2 amide bonds. The van der Waals surface area contributed by atoms with Crippen molar-refractivity contribution in [1.82, 2.24) is 19.7 Å². The van der Waals surface area contributed by atoms with Gasteiger partial charge in [0, 0.05) is 58.5 Å². The summed E-state index contributed by atoms with van der Waals surface area (Å²) in [5.41, 5.74) is -0.0919. The second-order valence-electron chi connectivity index (χ2n) is 5.31. The molecule has 7 heteroatoms. The predicted molar refractivity (Wildman–Crippen MR) is 82.4 cm³/mol. The van der Waals surface area contributed by atoms with E-state index < -0.39 is 0 Å². The number of likely N-dealkylation sites (N-methyl/N-ethyl adjacent to an activating group) is 1. The quantitative estimate of drug-likeness (QED) is 0.767. The third-order valence-corrected chi connectivity index (χ3v) is 3.84. The molecule has 2 heterocycles. The van der Waals surface area contributed by atoms with E-state index in [4.69, 9.17) is 0 Å². The standard InChI is InChI=1S/C15H22N4O3/c1-16-13(20)12-17-8-10-19(11-9-17)15(22)5-7-18-6-3-2-4-14(18)21/h2-4,6H,5,7-12H2,1H3,(H,16,20). The minimum Gasteiger partial charge on any atom is -0.358 e. The molecule has 0 atom stereocenters. The number of rotatable bonds is 5. The van der Waals surface area contributed by atoms with Crippen molar-refractivity contribution in [3.05, 3.63) is 34.7 Å². The van der Waals surface area contributed by atoms with Gasteiger partial charge in [0.25, 0.3) is 5.56 Å². The lowest BCUT2D eigenvalue weighted by atomic mass is 10.2. The number of pyridine rings is 1. The minimum atomic E-state index is -0.0919. The van der Waals surface area contributed by atoms with Gasteiger partial charge in [0.1, 0.15) is 0 Å². The third kappa shape index (κ3) is 4.42. The molecule has 1 aromatic heterocycles. The Kier molecular flexibility index (Phi) is 5.71. The first kappa shape index (κ1) is 16.2. The highest BCUT2D eigenvalue weighted by Gasteiger charge is 2.21. The van der Waals surface area contributed by atoms with Gasteiger partial charge >= 0.3 is 0 Å². The van der Waals surface area contributed by atoms with Crippen molar-refractivity contribution in [1.29, 1.82) is 0 Å². The smallest absolute Gasteiger partial charge is 0.250 e. The Labute approximate surface area is 129 Å². The van der Waals surface area contributed by atoms with Gasteiger partial charge in [-0.3, -0.25) is 19.3 Å². The molecule has 1 fully saturated rings. The zero-order chi connectivity index (χ0) is 15.9. The molecule has 0 bridgehead atoms. The van der Waals surface area contributed by atoms with Crippen LogP contribution < -0.4 is 10.9 Å². The van der Waals surface area contributed by atoms with E-state index in [0.29, 0.717) is 45.7 Å². The second kappa shape index (κ2) is 7.74. The summed E-state index contributed by atoms with van der Waals surface area (Å²) in [5, 5.41) is 2.60. The van der Waals surface area contributed by atoms with Gasteiger partial charge in [0.05, 0.1) is 6.54 Å². The summed E-state index contributed by atoms with van der Waals surface area (Å²) in [6, 6.07) is 4.96. The van der Waals surface area contributed by atoms with Gasteiger partial charge in [0.15, 0.2) is 0 Å². The SMILES string of the molecule is CNC(=O)CN1CCN(C(=O)CCn2ccccc2=O)CC1. The Balaban J connectivity index is 1.77. The van der Waals surface area contributed by atoms with Crippen LogP contribution in [0.1, 0.15) is 6.42 Å². The summed E-state index contributed by atoms with van der Waals surface area (Å²) in [4.78, 5) is 38.9. The summed E-state index contributed by atoms with van der Waals surface area (Å²) in [7, 11) is 1.62. The van der Waals surface area contributed by atoms with Gasteiger partial charge in [-0.25, -0.2) is 0 Å². The Morgan fingerprint density at radius 3 is 2.55 bits per heavy atom. The van der Waals surface area contributed by atoms with E-state index in [2.05, 4.69) is 5.32 Å². The highest BCUT2D eigenvalue weighted by atomic mass is 16.2. The molecule has 1 aromatic rings. The Hall–Kier alpha value is -2.15. The lowest BCUT2D eigenvalue weighted by Crippen LogP contribution is -2.51. The minimum absolute atomic E-state index is 0.0109. The maximum absolute atomic E-state index is 12.2. The fourth-order valence-corrected chi connectivity index (χ4v) is 2.46. The van der Waals surface area contributed by atoms with Gasteiger partial charge in [-0.2, -0.15) is 0 Å². The monoisotopic (exact) mass is 306 g/mol. The molecule has 120 valence electrons. The molecule has 1 aliphatic heterocycles. The fraction of sp³-hybridized carbons (Fsp3) is 0.533. The van der Waals surface area contributed by atoms with Gasteiger partial charge in [-0.1, -0.05) is 6.07 Å². The molecule has 1 saturated heterocycles. The molecule has 0 saturated carbocycles. The van der Waals surface area contributed by atoms with Crippen molar-refractivity contribution >= 4 is 11.8 Å². The molecule has 22 heavy (non-hydrogen) atoms. The van der Waals surface area contributed by atoms with E-state index in [0.717, 1.165) is 0 Å².